The van der Waals surface area contributed by atoms with Gasteiger partial charge in [0.05, 0.1) is 0 Å². The number of rotatable bonds is 7. The van der Waals surface area contributed by atoms with Gasteiger partial charge in [0.15, 0.2) is 0 Å². The van der Waals surface area contributed by atoms with Crippen molar-refractivity contribution >= 4 is 0 Å². The summed E-state index contributed by atoms with van der Waals surface area (Å²) in [5, 5.41) is 3.23. The molecule has 2 nitrogen and oxygen atoms in total. The Morgan fingerprint density at radius 3 is 2.44 bits per heavy atom. The van der Waals surface area contributed by atoms with Crippen molar-refractivity contribution < 1.29 is 4.74 Å². The van der Waals surface area contributed by atoms with Gasteiger partial charge in [0.1, 0.15) is 12.4 Å². The topological polar surface area (TPSA) is 21.3 Å². The molecule has 0 saturated heterocycles. The van der Waals surface area contributed by atoms with Crippen molar-refractivity contribution in [2.75, 3.05) is 19.7 Å². The SMILES string of the molecule is CCNCCOc1ccc(C(C)CC)cc1. The van der Waals surface area contributed by atoms with Crippen molar-refractivity contribution in [3.8, 4) is 5.75 Å². The monoisotopic (exact) mass is 221 g/mol. The Hall–Kier alpha value is -1.02. The number of hydrogen-bond donors (Lipinski definition) is 1. The van der Waals surface area contributed by atoms with E-state index in [1.165, 1.54) is 12.0 Å². The zero-order chi connectivity index (χ0) is 11.8. The highest BCUT2D eigenvalue weighted by molar-refractivity contribution is 5.29. The average molecular weight is 221 g/mol. The van der Waals surface area contributed by atoms with Crippen LogP contribution >= 0.6 is 0 Å². The maximum atomic E-state index is 5.61. The van der Waals surface area contributed by atoms with Gasteiger partial charge in [-0.15, -0.1) is 0 Å². The number of benzene rings is 1. The fraction of sp³-hybridized carbons (Fsp3) is 0.571. The van der Waals surface area contributed by atoms with Crippen LogP contribution in [0.1, 0.15) is 38.7 Å². The number of ether oxygens (including phenoxy) is 1. The smallest absolute Gasteiger partial charge is 0.119 e. The van der Waals surface area contributed by atoms with Gasteiger partial charge in [-0.3, -0.25) is 0 Å². The summed E-state index contributed by atoms with van der Waals surface area (Å²) in [6, 6.07) is 8.45. The summed E-state index contributed by atoms with van der Waals surface area (Å²) in [7, 11) is 0. The molecule has 1 rings (SSSR count). The maximum Gasteiger partial charge on any atom is 0.119 e. The fourth-order valence-corrected chi connectivity index (χ4v) is 1.55. The van der Waals surface area contributed by atoms with Crippen LogP contribution in [0.5, 0.6) is 5.75 Å². The van der Waals surface area contributed by atoms with Crippen LogP contribution in [0.4, 0.5) is 0 Å². The van der Waals surface area contributed by atoms with Crippen molar-refractivity contribution in [1.82, 2.24) is 5.32 Å². The zero-order valence-electron chi connectivity index (χ0n) is 10.6. The van der Waals surface area contributed by atoms with E-state index in [0.29, 0.717) is 5.92 Å². The van der Waals surface area contributed by atoms with Gasteiger partial charge in [-0.25, -0.2) is 0 Å². The summed E-state index contributed by atoms with van der Waals surface area (Å²) in [4.78, 5) is 0. The molecule has 1 N–H and O–H groups in total. The molecule has 0 bridgehead atoms. The van der Waals surface area contributed by atoms with E-state index in [-0.39, 0.29) is 0 Å². The van der Waals surface area contributed by atoms with Gasteiger partial charge < -0.3 is 10.1 Å². The normalized spacial score (nSPS) is 12.4. The average Bonchev–Trinajstić information content (AvgIpc) is 2.34. The Kier molecular flexibility index (Phi) is 5.94. The molecule has 0 aliphatic rings. The van der Waals surface area contributed by atoms with E-state index in [4.69, 9.17) is 4.74 Å². The molecule has 0 radical (unpaired) electrons. The Morgan fingerprint density at radius 1 is 1.19 bits per heavy atom. The van der Waals surface area contributed by atoms with Gasteiger partial charge in [0.25, 0.3) is 0 Å². The minimum Gasteiger partial charge on any atom is -0.492 e. The first kappa shape index (κ1) is 13.0. The molecule has 0 fully saturated rings. The number of likely N-dealkylation sites (N-methyl/N-ethyl adjacent to an activating group) is 1. The third-order valence-electron chi connectivity index (χ3n) is 2.86. The predicted octanol–water partition coefficient (Wildman–Crippen LogP) is 3.19. The van der Waals surface area contributed by atoms with Crippen LogP contribution in [0.3, 0.4) is 0 Å². The second kappa shape index (κ2) is 7.29. The van der Waals surface area contributed by atoms with Crippen molar-refractivity contribution in [1.29, 1.82) is 0 Å². The minimum absolute atomic E-state index is 0.635. The Labute approximate surface area is 99.0 Å². The largest absolute Gasteiger partial charge is 0.492 e. The maximum absolute atomic E-state index is 5.61. The molecular weight excluding hydrogens is 198 g/mol. The summed E-state index contributed by atoms with van der Waals surface area (Å²) in [5.74, 6) is 1.60. The third kappa shape index (κ3) is 4.23. The molecule has 90 valence electrons. The van der Waals surface area contributed by atoms with Gasteiger partial charge in [0.2, 0.25) is 0 Å². The lowest BCUT2D eigenvalue weighted by molar-refractivity contribution is 0.315. The lowest BCUT2D eigenvalue weighted by Gasteiger charge is -2.10. The van der Waals surface area contributed by atoms with E-state index in [1.54, 1.807) is 0 Å². The summed E-state index contributed by atoms with van der Waals surface area (Å²) < 4.78 is 5.61. The fourth-order valence-electron chi connectivity index (χ4n) is 1.55. The molecule has 0 amide bonds. The highest BCUT2D eigenvalue weighted by atomic mass is 16.5. The van der Waals surface area contributed by atoms with Crippen molar-refractivity contribution in [2.45, 2.75) is 33.1 Å². The van der Waals surface area contributed by atoms with E-state index in [1.807, 2.05) is 0 Å². The highest BCUT2D eigenvalue weighted by Crippen LogP contribution is 2.21. The molecular formula is C14H23NO. The van der Waals surface area contributed by atoms with Crippen LogP contribution in [0.2, 0.25) is 0 Å². The number of hydrogen-bond acceptors (Lipinski definition) is 2. The Balaban J connectivity index is 2.39. The Bertz CT molecular complexity index is 281. The molecule has 1 atom stereocenters. The molecule has 0 aliphatic carbocycles. The third-order valence-corrected chi connectivity index (χ3v) is 2.86. The molecule has 2 heteroatoms. The summed E-state index contributed by atoms with van der Waals surface area (Å²) >= 11 is 0. The first-order chi connectivity index (χ1) is 7.77. The van der Waals surface area contributed by atoms with Gasteiger partial charge in [-0.2, -0.15) is 0 Å². The molecule has 1 aromatic carbocycles. The summed E-state index contributed by atoms with van der Waals surface area (Å²) in [6.07, 6.45) is 1.18. The van der Waals surface area contributed by atoms with E-state index >= 15 is 0 Å². The van der Waals surface area contributed by atoms with Crippen molar-refractivity contribution in [3.63, 3.8) is 0 Å². The first-order valence-corrected chi connectivity index (χ1v) is 6.21. The van der Waals surface area contributed by atoms with Crippen LogP contribution in [0.15, 0.2) is 24.3 Å². The first-order valence-electron chi connectivity index (χ1n) is 6.21. The van der Waals surface area contributed by atoms with E-state index in [9.17, 15) is 0 Å². The van der Waals surface area contributed by atoms with Crippen molar-refractivity contribution in [3.05, 3.63) is 29.8 Å². The lowest BCUT2D eigenvalue weighted by Crippen LogP contribution is -2.20. The second-order valence-electron chi connectivity index (χ2n) is 4.08. The lowest BCUT2D eigenvalue weighted by atomic mass is 9.99. The van der Waals surface area contributed by atoms with E-state index < -0.39 is 0 Å². The molecule has 0 heterocycles. The molecule has 1 aromatic rings. The summed E-state index contributed by atoms with van der Waals surface area (Å²) in [5.41, 5.74) is 1.39. The molecule has 0 spiro atoms. The predicted molar refractivity (Wildman–Crippen MR) is 69.2 cm³/mol. The molecule has 0 aliphatic heterocycles. The van der Waals surface area contributed by atoms with Gasteiger partial charge in [-0.1, -0.05) is 32.9 Å². The summed E-state index contributed by atoms with van der Waals surface area (Å²) in [6.45, 7) is 9.20. The van der Waals surface area contributed by atoms with E-state index in [2.05, 4.69) is 50.4 Å². The highest BCUT2D eigenvalue weighted by Gasteiger charge is 2.02. The van der Waals surface area contributed by atoms with Crippen LogP contribution in [0, 0.1) is 0 Å². The standard InChI is InChI=1S/C14H23NO/c1-4-12(3)13-6-8-14(9-7-13)16-11-10-15-5-2/h6-9,12,15H,4-5,10-11H2,1-3H3. The second-order valence-corrected chi connectivity index (χ2v) is 4.08. The minimum atomic E-state index is 0.635. The van der Waals surface area contributed by atoms with Gasteiger partial charge >= 0.3 is 0 Å². The van der Waals surface area contributed by atoms with Crippen LogP contribution in [0.25, 0.3) is 0 Å². The van der Waals surface area contributed by atoms with Crippen LogP contribution in [-0.4, -0.2) is 19.7 Å². The molecule has 0 aromatic heterocycles. The van der Waals surface area contributed by atoms with Gasteiger partial charge in [-0.05, 0) is 36.6 Å². The van der Waals surface area contributed by atoms with E-state index in [0.717, 1.165) is 25.4 Å². The quantitative estimate of drug-likeness (QED) is 0.714. The molecule has 0 saturated carbocycles. The van der Waals surface area contributed by atoms with Crippen molar-refractivity contribution in [2.24, 2.45) is 0 Å². The zero-order valence-corrected chi connectivity index (χ0v) is 10.6. The van der Waals surface area contributed by atoms with Crippen LogP contribution < -0.4 is 10.1 Å². The Morgan fingerprint density at radius 2 is 1.88 bits per heavy atom. The number of nitrogens with one attached hydrogen (secondary N) is 1. The van der Waals surface area contributed by atoms with Crippen LogP contribution in [-0.2, 0) is 0 Å². The molecule has 16 heavy (non-hydrogen) atoms. The molecule has 1 unspecified atom stereocenters. The van der Waals surface area contributed by atoms with Gasteiger partial charge in [0, 0.05) is 6.54 Å².